The van der Waals surface area contributed by atoms with Gasteiger partial charge in [0, 0.05) is 24.4 Å². The van der Waals surface area contributed by atoms with Gasteiger partial charge in [0.15, 0.2) is 5.69 Å². The third kappa shape index (κ3) is 4.23. The van der Waals surface area contributed by atoms with Crippen molar-refractivity contribution in [2.75, 3.05) is 5.32 Å². The number of benzene rings is 2. The molecule has 8 nitrogen and oxygen atoms in total. The first-order chi connectivity index (χ1) is 15.1. The van der Waals surface area contributed by atoms with Crippen LogP contribution in [0.15, 0.2) is 57.8 Å². The van der Waals surface area contributed by atoms with Gasteiger partial charge < -0.3 is 9.84 Å². The monoisotopic (exact) mass is 417 g/mol. The Labute approximate surface area is 178 Å². The van der Waals surface area contributed by atoms with Crippen molar-refractivity contribution in [2.24, 2.45) is 0 Å². The number of para-hydroxylation sites is 1. The summed E-state index contributed by atoms with van der Waals surface area (Å²) in [4.78, 5) is 30.3. The summed E-state index contributed by atoms with van der Waals surface area (Å²) in [5, 5.41) is 12.3. The molecule has 0 fully saturated rings. The highest BCUT2D eigenvalue weighted by atomic mass is 16.5. The molecule has 0 aliphatic heterocycles. The van der Waals surface area contributed by atoms with E-state index in [1.165, 1.54) is 4.68 Å². The molecule has 2 heterocycles. The summed E-state index contributed by atoms with van der Waals surface area (Å²) < 4.78 is 6.46. The molecule has 0 aliphatic carbocycles. The number of aryl methyl sites for hydroxylation is 2. The summed E-state index contributed by atoms with van der Waals surface area (Å²) in [6.45, 7) is 4.27. The Hall–Kier alpha value is -3.81. The first kappa shape index (κ1) is 20.5. The predicted octanol–water partition coefficient (Wildman–Crippen LogP) is 4.20. The van der Waals surface area contributed by atoms with E-state index in [1.807, 2.05) is 12.1 Å². The molecule has 31 heavy (non-hydrogen) atoms. The zero-order valence-electron chi connectivity index (χ0n) is 17.5. The first-order valence-corrected chi connectivity index (χ1v) is 10.3. The number of rotatable bonds is 7. The Bertz CT molecular complexity index is 1290. The van der Waals surface area contributed by atoms with Crippen LogP contribution in [-0.4, -0.2) is 25.8 Å². The number of nitrogens with zero attached hydrogens (tertiary/aromatic N) is 4. The molecule has 4 rings (SSSR count). The number of hydrogen-bond donors (Lipinski definition) is 1. The fourth-order valence-electron chi connectivity index (χ4n) is 3.44. The van der Waals surface area contributed by atoms with Crippen molar-refractivity contribution in [3.63, 3.8) is 0 Å². The zero-order valence-corrected chi connectivity index (χ0v) is 17.5. The second-order valence-corrected chi connectivity index (χ2v) is 7.27. The van der Waals surface area contributed by atoms with Gasteiger partial charge in [-0.15, -0.1) is 0 Å². The van der Waals surface area contributed by atoms with E-state index in [1.54, 1.807) is 43.3 Å². The van der Waals surface area contributed by atoms with Crippen LogP contribution in [-0.2, 0) is 6.54 Å². The molecule has 0 atom stereocenters. The number of carbonyl (C=O) groups is 1. The number of fused-ring (bicyclic) bond motifs is 1. The molecule has 158 valence electrons. The average molecular weight is 417 g/mol. The summed E-state index contributed by atoms with van der Waals surface area (Å²) in [5.74, 6) is 0.409. The van der Waals surface area contributed by atoms with Crippen LogP contribution >= 0.6 is 0 Å². The third-order valence-electron chi connectivity index (χ3n) is 5.00. The molecule has 0 bridgehead atoms. The minimum Gasteiger partial charge on any atom is -0.339 e. The predicted molar refractivity (Wildman–Crippen MR) is 118 cm³/mol. The molecule has 0 saturated heterocycles. The smallest absolute Gasteiger partial charge is 0.276 e. The zero-order chi connectivity index (χ0) is 21.8. The van der Waals surface area contributed by atoms with Gasteiger partial charge in [-0.3, -0.25) is 9.59 Å². The highest BCUT2D eigenvalue weighted by molar-refractivity contribution is 6.12. The second-order valence-electron chi connectivity index (χ2n) is 7.27. The van der Waals surface area contributed by atoms with E-state index in [0.717, 1.165) is 19.3 Å². The Balaban J connectivity index is 1.73. The molecule has 2 aromatic carbocycles. The van der Waals surface area contributed by atoms with Crippen molar-refractivity contribution in [2.45, 2.75) is 39.7 Å². The van der Waals surface area contributed by atoms with Crippen LogP contribution in [0.3, 0.4) is 0 Å². The lowest BCUT2D eigenvalue weighted by molar-refractivity contribution is 0.102. The number of anilines is 1. The Morgan fingerprint density at radius 2 is 1.81 bits per heavy atom. The summed E-state index contributed by atoms with van der Waals surface area (Å²) in [5.41, 5.74) is 1.17. The van der Waals surface area contributed by atoms with Crippen molar-refractivity contribution in [1.29, 1.82) is 0 Å². The van der Waals surface area contributed by atoms with Crippen LogP contribution in [0.5, 0.6) is 0 Å². The van der Waals surface area contributed by atoms with E-state index in [9.17, 15) is 9.59 Å². The SMILES string of the molecule is CCCCCn1nc(C(=O)Nc2ccccc2-c2noc(C)n2)c2ccccc2c1=O. The largest absolute Gasteiger partial charge is 0.339 e. The summed E-state index contributed by atoms with van der Waals surface area (Å²) in [6.07, 6.45) is 2.84. The topological polar surface area (TPSA) is 103 Å². The number of unbranched alkanes of at least 4 members (excludes halogenated alkanes) is 2. The van der Waals surface area contributed by atoms with Gasteiger partial charge in [0.25, 0.3) is 11.5 Å². The lowest BCUT2D eigenvalue weighted by atomic mass is 10.1. The van der Waals surface area contributed by atoms with E-state index >= 15 is 0 Å². The molecule has 8 heteroatoms. The van der Waals surface area contributed by atoms with Gasteiger partial charge in [0.1, 0.15) is 0 Å². The summed E-state index contributed by atoms with van der Waals surface area (Å²) in [6, 6.07) is 14.2. The minimum absolute atomic E-state index is 0.189. The van der Waals surface area contributed by atoms with Crippen LogP contribution in [0, 0.1) is 6.92 Å². The molecule has 0 spiro atoms. The van der Waals surface area contributed by atoms with Crippen LogP contribution in [0.25, 0.3) is 22.2 Å². The first-order valence-electron chi connectivity index (χ1n) is 10.3. The molecular formula is C23H23N5O3. The molecule has 0 aliphatic rings. The van der Waals surface area contributed by atoms with Gasteiger partial charge >= 0.3 is 0 Å². The van der Waals surface area contributed by atoms with E-state index in [-0.39, 0.29) is 11.3 Å². The fraction of sp³-hybridized carbons (Fsp3) is 0.261. The van der Waals surface area contributed by atoms with E-state index in [4.69, 9.17) is 4.52 Å². The van der Waals surface area contributed by atoms with E-state index < -0.39 is 5.91 Å². The van der Waals surface area contributed by atoms with Gasteiger partial charge in [-0.05, 0) is 24.6 Å². The van der Waals surface area contributed by atoms with E-state index in [2.05, 4.69) is 27.5 Å². The second kappa shape index (κ2) is 8.91. The molecule has 2 aromatic heterocycles. The van der Waals surface area contributed by atoms with Crippen molar-refractivity contribution in [1.82, 2.24) is 19.9 Å². The molecule has 0 saturated carbocycles. The van der Waals surface area contributed by atoms with Crippen molar-refractivity contribution in [3.8, 4) is 11.4 Å². The lowest BCUT2D eigenvalue weighted by Gasteiger charge is -2.12. The molecule has 0 radical (unpaired) electrons. The molecule has 0 unspecified atom stereocenters. The van der Waals surface area contributed by atoms with Crippen LogP contribution in [0.4, 0.5) is 5.69 Å². The van der Waals surface area contributed by atoms with Crippen LogP contribution in [0.1, 0.15) is 42.6 Å². The number of nitrogens with one attached hydrogen (secondary N) is 1. The number of aromatic nitrogens is 4. The summed E-state index contributed by atoms with van der Waals surface area (Å²) >= 11 is 0. The van der Waals surface area contributed by atoms with Gasteiger partial charge in [-0.1, -0.05) is 55.3 Å². The maximum atomic E-state index is 13.3. The lowest BCUT2D eigenvalue weighted by Crippen LogP contribution is -2.28. The fourth-order valence-corrected chi connectivity index (χ4v) is 3.44. The standard InChI is InChI=1S/C23H23N5O3/c1-3-4-9-14-28-23(30)17-11-6-5-10-16(17)20(26-28)22(29)25-19-13-8-7-12-18(19)21-24-15(2)31-27-21/h5-8,10-13H,3-4,9,14H2,1-2H3,(H,25,29). The minimum atomic E-state index is -0.409. The molecule has 4 aromatic rings. The number of amides is 1. The van der Waals surface area contributed by atoms with Gasteiger partial charge in [0.2, 0.25) is 11.7 Å². The number of carbonyl (C=O) groups excluding carboxylic acids is 1. The molecular weight excluding hydrogens is 394 g/mol. The van der Waals surface area contributed by atoms with Crippen LogP contribution < -0.4 is 10.9 Å². The van der Waals surface area contributed by atoms with Crippen molar-refractivity contribution >= 4 is 22.4 Å². The maximum absolute atomic E-state index is 13.3. The summed E-state index contributed by atoms with van der Waals surface area (Å²) in [7, 11) is 0. The Morgan fingerprint density at radius 1 is 1.06 bits per heavy atom. The normalized spacial score (nSPS) is 11.0. The molecule has 1 amide bonds. The van der Waals surface area contributed by atoms with Gasteiger partial charge in [-0.2, -0.15) is 10.1 Å². The van der Waals surface area contributed by atoms with Gasteiger partial charge in [-0.25, -0.2) is 4.68 Å². The van der Waals surface area contributed by atoms with E-state index in [0.29, 0.717) is 40.3 Å². The quantitative estimate of drug-likeness (QED) is 0.452. The van der Waals surface area contributed by atoms with Gasteiger partial charge in [0.05, 0.1) is 11.1 Å². The third-order valence-corrected chi connectivity index (χ3v) is 5.00. The maximum Gasteiger partial charge on any atom is 0.276 e. The Morgan fingerprint density at radius 3 is 2.55 bits per heavy atom. The highest BCUT2D eigenvalue weighted by Crippen LogP contribution is 2.26. The average Bonchev–Trinajstić information content (AvgIpc) is 3.22. The van der Waals surface area contributed by atoms with Crippen LogP contribution in [0.2, 0.25) is 0 Å². The Kier molecular flexibility index (Phi) is 5.88. The molecule has 1 N–H and O–H groups in total. The van der Waals surface area contributed by atoms with Crippen molar-refractivity contribution < 1.29 is 9.32 Å². The number of hydrogen-bond acceptors (Lipinski definition) is 6. The highest BCUT2D eigenvalue weighted by Gasteiger charge is 2.19. The van der Waals surface area contributed by atoms with Crippen molar-refractivity contribution in [3.05, 3.63) is 70.5 Å².